The third kappa shape index (κ3) is 1.12. The van der Waals surface area contributed by atoms with Crippen molar-refractivity contribution in [2.75, 3.05) is 0 Å². The number of hydrogen-bond donors (Lipinski definition) is 0. The van der Waals surface area contributed by atoms with Gasteiger partial charge in [-0.15, -0.1) is 0 Å². The van der Waals surface area contributed by atoms with Crippen molar-refractivity contribution in [1.82, 2.24) is 0 Å². The van der Waals surface area contributed by atoms with E-state index in [0.717, 1.165) is 5.56 Å². The highest BCUT2D eigenvalue weighted by Crippen LogP contribution is 2.32. The van der Waals surface area contributed by atoms with Gasteiger partial charge in [0.1, 0.15) is 5.82 Å². The predicted molar refractivity (Wildman–Crippen MR) is 50.7 cm³/mol. The average Bonchev–Trinajstić information content (AvgIpc) is 2.30. The fraction of sp³-hybridized carbons (Fsp3) is 0. The molecule has 60 valence electrons. The Labute approximate surface area is 78.5 Å². The maximum Gasteiger partial charge on any atom is 0.145 e. The Morgan fingerprint density at radius 1 is 1.08 bits per heavy atom. The van der Waals surface area contributed by atoms with Crippen LogP contribution < -0.4 is 0 Å². The van der Waals surface area contributed by atoms with Crippen molar-refractivity contribution in [2.24, 2.45) is 0 Å². The van der Waals surface area contributed by atoms with Crippen LogP contribution in [0.4, 0.5) is 4.39 Å². The van der Waals surface area contributed by atoms with E-state index in [0.29, 0.717) is 10.0 Å². The van der Waals surface area contributed by atoms with E-state index in [4.69, 9.17) is 0 Å². The van der Waals surface area contributed by atoms with Gasteiger partial charge >= 0.3 is 0 Å². The number of halogens is 2. The Bertz CT molecular complexity index is 384. The summed E-state index contributed by atoms with van der Waals surface area (Å²) in [6.07, 6.45) is 0. The molecule has 0 saturated heterocycles. The topological polar surface area (TPSA) is 0 Å². The summed E-state index contributed by atoms with van der Waals surface area (Å²) in [5, 5.41) is 0. The van der Waals surface area contributed by atoms with Gasteiger partial charge < -0.3 is 0 Å². The minimum atomic E-state index is -0.179. The summed E-state index contributed by atoms with van der Waals surface area (Å²) in [6, 6.07) is 11.1. The van der Waals surface area contributed by atoms with Crippen LogP contribution in [0.2, 0.25) is 0 Å². The Hall–Kier alpha value is -0.890. The van der Waals surface area contributed by atoms with Gasteiger partial charge in [0.25, 0.3) is 0 Å². The Balaban J connectivity index is 2.79. The molecule has 0 saturated carbocycles. The zero-order valence-corrected chi connectivity index (χ0v) is 7.81. The van der Waals surface area contributed by atoms with Gasteiger partial charge in [-0.3, -0.25) is 0 Å². The van der Waals surface area contributed by atoms with Gasteiger partial charge in [0, 0.05) is 5.56 Å². The Morgan fingerprint density at radius 2 is 1.83 bits per heavy atom. The average molecular weight is 225 g/mol. The van der Waals surface area contributed by atoms with Crippen LogP contribution in [0.1, 0.15) is 0 Å². The number of hydrogen-bond acceptors (Lipinski definition) is 0. The summed E-state index contributed by atoms with van der Waals surface area (Å²) in [7, 11) is 0. The van der Waals surface area contributed by atoms with Crippen LogP contribution in [-0.4, -0.2) is 0 Å². The summed E-state index contributed by atoms with van der Waals surface area (Å²) in [5.74, 6) is -0.179. The lowest BCUT2D eigenvalue weighted by molar-refractivity contribution is 0.629. The van der Waals surface area contributed by atoms with E-state index in [1.807, 2.05) is 24.3 Å². The fourth-order valence-electron chi connectivity index (χ4n) is 1.22. The lowest BCUT2D eigenvalue weighted by atomic mass is 10.2. The molecule has 2 aliphatic rings. The van der Waals surface area contributed by atoms with E-state index in [9.17, 15) is 4.39 Å². The van der Waals surface area contributed by atoms with Crippen LogP contribution in [0.15, 0.2) is 40.9 Å². The zero-order chi connectivity index (χ0) is 8.55. The highest BCUT2D eigenvalue weighted by Gasteiger charge is 2.11. The molecule has 2 aliphatic carbocycles. The maximum atomic E-state index is 13.3. The van der Waals surface area contributed by atoms with E-state index in [2.05, 4.69) is 15.9 Å². The maximum absolute atomic E-state index is 13.3. The molecule has 0 aromatic rings. The van der Waals surface area contributed by atoms with E-state index in [-0.39, 0.29) is 5.82 Å². The molecule has 0 unspecified atom stereocenters. The van der Waals surface area contributed by atoms with Gasteiger partial charge in [-0.25, -0.2) is 4.39 Å². The van der Waals surface area contributed by atoms with Crippen molar-refractivity contribution < 1.29 is 4.39 Å². The van der Waals surface area contributed by atoms with Crippen molar-refractivity contribution >= 4 is 15.9 Å². The van der Waals surface area contributed by atoms with Crippen LogP contribution in [0.25, 0.3) is 11.1 Å². The molecule has 0 heterocycles. The number of fused-ring (bicyclic) bond motifs is 1. The molecule has 0 N–H and O–H groups in total. The Morgan fingerprint density at radius 3 is 2.67 bits per heavy atom. The zero-order valence-electron chi connectivity index (χ0n) is 6.22. The first kappa shape index (κ1) is 7.74. The quantitative estimate of drug-likeness (QED) is 0.641. The Kier molecular flexibility index (Phi) is 1.85. The minimum Gasteiger partial charge on any atom is -0.205 e. The largest absolute Gasteiger partial charge is 0.205 e. The molecule has 0 spiro atoms. The summed E-state index contributed by atoms with van der Waals surface area (Å²) in [5.41, 5.74) is 1.58. The third-order valence-corrected chi connectivity index (χ3v) is 2.38. The first-order valence-electron chi connectivity index (χ1n) is 3.62. The van der Waals surface area contributed by atoms with Gasteiger partial charge in [0.15, 0.2) is 0 Å². The van der Waals surface area contributed by atoms with Gasteiger partial charge in [0.2, 0.25) is 0 Å². The molecule has 0 atom stereocenters. The van der Waals surface area contributed by atoms with E-state index in [1.54, 1.807) is 12.1 Å². The second-order valence-corrected chi connectivity index (χ2v) is 3.44. The third-order valence-electron chi connectivity index (χ3n) is 1.80. The fourth-order valence-corrected chi connectivity index (χ4v) is 1.68. The van der Waals surface area contributed by atoms with Gasteiger partial charge in [-0.2, -0.15) is 0 Å². The smallest absolute Gasteiger partial charge is 0.145 e. The SMILES string of the molecule is Fc1c(Br)cc2cccccc1-2. The molecule has 12 heavy (non-hydrogen) atoms. The van der Waals surface area contributed by atoms with Crippen LogP contribution >= 0.6 is 15.9 Å². The van der Waals surface area contributed by atoms with Crippen LogP contribution in [0, 0.1) is 5.82 Å². The second-order valence-electron chi connectivity index (χ2n) is 2.59. The normalized spacial score (nSPS) is 10.5. The van der Waals surface area contributed by atoms with E-state index in [1.165, 1.54) is 0 Å². The van der Waals surface area contributed by atoms with E-state index >= 15 is 0 Å². The highest BCUT2D eigenvalue weighted by atomic mass is 79.9. The molecule has 0 radical (unpaired) electrons. The molecule has 0 fully saturated rings. The molecular weight excluding hydrogens is 219 g/mol. The van der Waals surface area contributed by atoms with Crippen LogP contribution in [-0.2, 0) is 0 Å². The molecule has 0 bridgehead atoms. The molecule has 2 rings (SSSR count). The minimum absolute atomic E-state index is 0.179. The first-order valence-corrected chi connectivity index (χ1v) is 4.41. The lowest BCUT2D eigenvalue weighted by Crippen LogP contribution is -1.70. The molecule has 2 heteroatoms. The standard InChI is InChI=1S/C10H6BrF/c11-9-6-7-4-2-1-3-5-8(7)10(9)12/h1-6H. The van der Waals surface area contributed by atoms with Crippen molar-refractivity contribution in [3.8, 4) is 11.1 Å². The van der Waals surface area contributed by atoms with Crippen LogP contribution in [0.5, 0.6) is 0 Å². The molecule has 0 aliphatic heterocycles. The molecule has 0 nitrogen and oxygen atoms in total. The van der Waals surface area contributed by atoms with Crippen LogP contribution in [0.3, 0.4) is 0 Å². The van der Waals surface area contributed by atoms with Gasteiger partial charge in [-0.05, 0) is 27.6 Å². The lowest BCUT2D eigenvalue weighted by Gasteiger charge is -1.88. The van der Waals surface area contributed by atoms with Crippen molar-refractivity contribution in [3.63, 3.8) is 0 Å². The summed E-state index contributed by atoms with van der Waals surface area (Å²) >= 11 is 3.15. The van der Waals surface area contributed by atoms with E-state index < -0.39 is 0 Å². The summed E-state index contributed by atoms with van der Waals surface area (Å²) < 4.78 is 13.8. The number of rotatable bonds is 0. The van der Waals surface area contributed by atoms with Crippen molar-refractivity contribution in [2.45, 2.75) is 0 Å². The molecule has 0 aromatic carbocycles. The predicted octanol–water partition coefficient (Wildman–Crippen LogP) is 3.69. The second kappa shape index (κ2) is 2.87. The van der Waals surface area contributed by atoms with Crippen molar-refractivity contribution in [1.29, 1.82) is 0 Å². The van der Waals surface area contributed by atoms with Gasteiger partial charge in [-0.1, -0.05) is 30.3 Å². The van der Waals surface area contributed by atoms with Gasteiger partial charge in [0.05, 0.1) is 4.47 Å². The first-order chi connectivity index (χ1) is 5.79. The monoisotopic (exact) mass is 224 g/mol. The summed E-state index contributed by atoms with van der Waals surface area (Å²) in [4.78, 5) is 0. The summed E-state index contributed by atoms with van der Waals surface area (Å²) in [6.45, 7) is 0. The molecule has 0 aromatic heterocycles. The highest BCUT2D eigenvalue weighted by molar-refractivity contribution is 9.10. The molecule has 0 amide bonds. The molecular formula is C10H6BrF. The van der Waals surface area contributed by atoms with Crippen molar-refractivity contribution in [3.05, 3.63) is 46.7 Å².